The van der Waals surface area contributed by atoms with Crippen LogP contribution in [-0.2, 0) is 4.74 Å². The van der Waals surface area contributed by atoms with Crippen LogP contribution in [0.5, 0.6) is 0 Å². The summed E-state index contributed by atoms with van der Waals surface area (Å²) in [5.74, 6) is 1.10. The average molecular weight is 340 g/mol. The molecule has 1 aliphatic rings. The van der Waals surface area contributed by atoms with E-state index in [0.717, 1.165) is 23.7 Å². The number of aromatic amines is 1. The SMILES string of the molecule is Cc1noc([C@H](NC(=O)c2ccc3[nH]ccc3c2)C2CCOCC2)n1. The molecular formula is C18H20N4O3. The highest BCUT2D eigenvalue weighted by Gasteiger charge is 2.31. The first-order valence-corrected chi connectivity index (χ1v) is 8.46. The molecule has 4 rings (SSSR count). The molecule has 3 heterocycles. The highest BCUT2D eigenvalue weighted by Crippen LogP contribution is 2.29. The first kappa shape index (κ1) is 15.8. The van der Waals surface area contributed by atoms with E-state index in [1.165, 1.54) is 0 Å². The summed E-state index contributed by atoms with van der Waals surface area (Å²) in [6.45, 7) is 3.13. The van der Waals surface area contributed by atoms with Gasteiger partial charge in [-0.15, -0.1) is 0 Å². The van der Waals surface area contributed by atoms with Crippen LogP contribution in [-0.4, -0.2) is 34.2 Å². The molecule has 1 saturated heterocycles. The Bertz CT molecular complexity index is 879. The number of fused-ring (bicyclic) bond motifs is 1. The van der Waals surface area contributed by atoms with Crippen molar-refractivity contribution >= 4 is 16.8 Å². The Balaban J connectivity index is 1.59. The molecule has 130 valence electrons. The molecule has 2 N–H and O–H groups in total. The predicted octanol–water partition coefficient (Wildman–Crippen LogP) is 2.76. The summed E-state index contributed by atoms with van der Waals surface area (Å²) < 4.78 is 10.8. The summed E-state index contributed by atoms with van der Waals surface area (Å²) in [7, 11) is 0. The summed E-state index contributed by atoms with van der Waals surface area (Å²) >= 11 is 0. The molecule has 7 heteroatoms. The lowest BCUT2D eigenvalue weighted by atomic mass is 9.91. The van der Waals surface area contributed by atoms with Crippen molar-refractivity contribution in [1.82, 2.24) is 20.4 Å². The van der Waals surface area contributed by atoms with Crippen LogP contribution >= 0.6 is 0 Å². The number of carbonyl (C=O) groups is 1. The zero-order valence-electron chi connectivity index (χ0n) is 14.0. The van der Waals surface area contributed by atoms with Gasteiger partial charge in [0.2, 0.25) is 5.89 Å². The average Bonchev–Trinajstić information content (AvgIpc) is 3.28. The summed E-state index contributed by atoms with van der Waals surface area (Å²) in [5.41, 5.74) is 1.62. The van der Waals surface area contributed by atoms with Gasteiger partial charge in [0.15, 0.2) is 5.82 Å². The van der Waals surface area contributed by atoms with E-state index >= 15 is 0 Å². The number of hydrogen-bond donors (Lipinski definition) is 2. The third-order valence-electron chi connectivity index (χ3n) is 4.65. The minimum atomic E-state index is -0.306. The Morgan fingerprint density at radius 3 is 2.92 bits per heavy atom. The van der Waals surface area contributed by atoms with Gasteiger partial charge in [0, 0.05) is 35.9 Å². The molecule has 1 atom stereocenters. The second kappa shape index (κ2) is 6.68. The molecule has 1 amide bonds. The maximum absolute atomic E-state index is 12.8. The van der Waals surface area contributed by atoms with Crippen LogP contribution in [0.15, 0.2) is 35.0 Å². The van der Waals surface area contributed by atoms with Crippen LogP contribution in [0.2, 0.25) is 0 Å². The van der Waals surface area contributed by atoms with Crippen molar-refractivity contribution in [3.8, 4) is 0 Å². The lowest BCUT2D eigenvalue weighted by Gasteiger charge is -2.28. The lowest BCUT2D eigenvalue weighted by molar-refractivity contribution is 0.0468. The molecule has 1 aliphatic heterocycles. The van der Waals surface area contributed by atoms with Crippen LogP contribution in [0.1, 0.15) is 41.0 Å². The number of hydrogen-bond acceptors (Lipinski definition) is 5. The first-order valence-electron chi connectivity index (χ1n) is 8.46. The van der Waals surface area contributed by atoms with Crippen molar-refractivity contribution in [2.75, 3.05) is 13.2 Å². The van der Waals surface area contributed by atoms with E-state index in [9.17, 15) is 4.79 Å². The Labute approximate surface area is 144 Å². The Kier molecular flexibility index (Phi) is 4.23. The van der Waals surface area contributed by atoms with E-state index in [4.69, 9.17) is 9.26 Å². The second-order valence-electron chi connectivity index (χ2n) is 6.36. The van der Waals surface area contributed by atoms with Gasteiger partial charge in [0.25, 0.3) is 5.91 Å². The molecule has 25 heavy (non-hydrogen) atoms. The highest BCUT2D eigenvalue weighted by atomic mass is 16.5. The molecule has 7 nitrogen and oxygen atoms in total. The van der Waals surface area contributed by atoms with E-state index in [1.807, 2.05) is 30.5 Å². The number of H-pyrrole nitrogens is 1. The number of amides is 1. The highest BCUT2D eigenvalue weighted by molar-refractivity contribution is 5.98. The molecule has 0 bridgehead atoms. The molecule has 0 spiro atoms. The van der Waals surface area contributed by atoms with E-state index in [1.54, 1.807) is 6.92 Å². The van der Waals surface area contributed by atoms with Crippen molar-refractivity contribution < 1.29 is 14.1 Å². The van der Waals surface area contributed by atoms with E-state index < -0.39 is 0 Å². The minimum Gasteiger partial charge on any atom is -0.381 e. The van der Waals surface area contributed by atoms with Gasteiger partial charge < -0.3 is 19.6 Å². The predicted molar refractivity (Wildman–Crippen MR) is 91.1 cm³/mol. The Morgan fingerprint density at radius 2 is 2.16 bits per heavy atom. The summed E-state index contributed by atoms with van der Waals surface area (Å²) in [6.07, 6.45) is 3.56. The van der Waals surface area contributed by atoms with Crippen molar-refractivity contribution in [3.05, 3.63) is 47.7 Å². The number of ether oxygens (including phenoxy) is 1. The van der Waals surface area contributed by atoms with Crippen LogP contribution in [0, 0.1) is 12.8 Å². The topological polar surface area (TPSA) is 93.0 Å². The summed E-state index contributed by atoms with van der Waals surface area (Å²) in [5, 5.41) is 7.97. The van der Waals surface area contributed by atoms with E-state index in [2.05, 4.69) is 20.4 Å². The number of nitrogens with zero attached hydrogens (tertiary/aromatic N) is 2. The van der Waals surface area contributed by atoms with Gasteiger partial charge in [-0.05, 0) is 49.9 Å². The number of aryl methyl sites for hydroxylation is 1. The number of rotatable bonds is 4. The van der Waals surface area contributed by atoms with Gasteiger partial charge >= 0.3 is 0 Å². The number of nitrogens with one attached hydrogen (secondary N) is 2. The molecule has 0 saturated carbocycles. The fourth-order valence-electron chi connectivity index (χ4n) is 3.29. The van der Waals surface area contributed by atoms with Crippen LogP contribution < -0.4 is 5.32 Å². The van der Waals surface area contributed by atoms with Crippen molar-refractivity contribution in [3.63, 3.8) is 0 Å². The zero-order chi connectivity index (χ0) is 17.2. The Morgan fingerprint density at radius 1 is 1.32 bits per heavy atom. The number of carbonyl (C=O) groups excluding carboxylic acids is 1. The normalized spacial score (nSPS) is 16.8. The zero-order valence-corrected chi connectivity index (χ0v) is 14.0. The summed E-state index contributed by atoms with van der Waals surface area (Å²) in [6, 6.07) is 7.24. The number of benzene rings is 1. The van der Waals surface area contributed by atoms with Gasteiger partial charge in [-0.2, -0.15) is 4.98 Å². The third-order valence-corrected chi connectivity index (χ3v) is 4.65. The quantitative estimate of drug-likeness (QED) is 0.762. The smallest absolute Gasteiger partial charge is 0.251 e. The second-order valence-corrected chi connectivity index (χ2v) is 6.36. The van der Waals surface area contributed by atoms with Crippen LogP contribution in [0.3, 0.4) is 0 Å². The Hall–Kier alpha value is -2.67. The maximum Gasteiger partial charge on any atom is 0.251 e. The fraction of sp³-hybridized carbons (Fsp3) is 0.389. The molecular weight excluding hydrogens is 320 g/mol. The standard InChI is InChI=1S/C18H20N4O3/c1-11-20-18(25-22-11)16(12-5-8-24-9-6-12)21-17(23)14-2-3-15-13(10-14)4-7-19-15/h2-4,7,10,12,16,19H,5-6,8-9H2,1H3,(H,21,23)/t16-/m1/s1. The monoisotopic (exact) mass is 340 g/mol. The van der Waals surface area contributed by atoms with E-state index in [0.29, 0.717) is 30.5 Å². The van der Waals surface area contributed by atoms with Gasteiger partial charge in [-0.25, -0.2) is 0 Å². The van der Waals surface area contributed by atoms with E-state index in [-0.39, 0.29) is 17.9 Å². The van der Waals surface area contributed by atoms with Crippen molar-refractivity contribution in [2.24, 2.45) is 5.92 Å². The third kappa shape index (κ3) is 3.28. The minimum absolute atomic E-state index is 0.143. The largest absolute Gasteiger partial charge is 0.381 e. The van der Waals surface area contributed by atoms with Crippen LogP contribution in [0.4, 0.5) is 0 Å². The fourth-order valence-corrected chi connectivity index (χ4v) is 3.29. The molecule has 2 aromatic heterocycles. The van der Waals surface area contributed by atoms with Gasteiger partial charge in [0.1, 0.15) is 6.04 Å². The molecule has 3 aromatic rings. The van der Waals surface area contributed by atoms with Gasteiger partial charge in [-0.3, -0.25) is 4.79 Å². The van der Waals surface area contributed by atoms with Crippen LogP contribution in [0.25, 0.3) is 10.9 Å². The number of aromatic nitrogens is 3. The van der Waals surface area contributed by atoms with Gasteiger partial charge in [0.05, 0.1) is 0 Å². The summed E-state index contributed by atoms with van der Waals surface area (Å²) in [4.78, 5) is 20.3. The van der Waals surface area contributed by atoms with Crippen molar-refractivity contribution in [1.29, 1.82) is 0 Å². The lowest BCUT2D eigenvalue weighted by Crippen LogP contribution is -2.36. The van der Waals surface area contributed by atoms with Crippen molar-refractivity contribution in [2.45, 2.75) is 25.8 Å². The molecule has 1 aromatic carbocycles. The molecule has 0 radical (unpaired) electrons. The maximum atomic E-state index is 12.8. The molecule has 1 fully saturated rings. The van der Waals surface area contributed by atoms with Gasteiger partial charge in [-0.1, -0.05) is 5.16 Å². The first-order chi connectivity index (χ1) is 12.2. The molecule has 0 aliphatic carbocycles. The molecule has 0 unspecified atom stereocenters.